The molecule has 0 fully saturated rings. The molecule has 1 aromatic heterocycles. The number of imidazole rings is 1. The van der Waals surface area contributed by atoms with Crippen molar-refractivity contribution < 1.29 is 4.39 Å². The van der Waals surface area contributed by atoms with Crippen molar-refractivity contribution in [1.82, 2.24) is 9.55 Å². The first-order valence-electron chi connectivity index (χ1n) is 5.58. The van der Waals surface area contributed by atoms with Gasteiger partial charge in [-0.25, -0.2) is 9.37 Å². The third-order valence-electron chi connectivity index (χ3n) is 2.83. The minimum atomic E-state index is -0.237. The Balaban J connectivity index is 2.66. The van der Waals surface area contributed by atoms with Gasteiger partial charge in [0, 0.05) is 6.54 Å². The lowest BCUT2D eigenvalue weighted by molar-refractivity contribution is 0.595. The number of aromatic nitrogens is 2. The summed E-state index contributed by atoms with van der Waals surface area (Å²) in [6, 6.07) is 4.55. The molecule has 2 rings (SSSR count). The van der Waals surface area contributed by atoms with E-state index in [0.29, 0.717) is 0 Å². The molecule has 1 unspecified atom stereocenters. The topological polar surface area (TPSA) is 43.8 Å². The smallest absolute Gasteiger partial charge is 0.126 e. The monoisotopic (exact) mass is 221 g/mol. The van der Waals surface area contributed by atoms with E-state index >= 15 is 0 Å². The highest BCUT2D eigenvalue weighted by molar-refractivity contribution is 5.76. The highest BCUT2D eigenvalue weighted by Crippen LogP contribution is 2.22. The summed E-state index contributed by atoms with van der Waals surface area (Å²) < 4.78 is 15.2. The molecule has 0 aliphatic carbocycles. The first-order valence-corrected chi connectivity index (χ1v) is 5.58. The second kappa shape index (κ2) is 4.22. The molecule has 16 heavy (non-hydrogen) atoms. The van der Waals surface area contributed by atoms with Crippen molar-refractivity contribution in [2.75, 3.05) is 0 Å². The summed E-state index contributed by atoms with van der Waals surface area (Å²) in [6.07, 6.45) is 0.825. The number of aryl methyl sites for hydroxylation is 1. The molecule has 4 heteroatoms. The fraction of sp³-hybridized carbons (Fsp3) is 0.417. The normalized spacial score (nSPS) is 13.2. The first-order chi connectivity index (χ1) is 7.67. The summed E-state index contributed by atoms with van der Waals surface area (Å²) in [5, 5.41) is 0. The van der Waals surface area contributed by atoms with Crippen molar-refractivity contribution in [3.63, 3.8) is 0 Å². The predicted octanol–water partition coefficient (Wildman–Crippen LogP) is 2.61. The molecule has 0 amide bonds. The first kappa shape index (κ1) is 11.1. The molecule has 0 saturated carbocycles. The van der Waals surface area contributed by atoms with Gasteiger partial charge in [-0.15, -0.1) is 0 Å². The van der Waals surface area contributed by atoms with E-state index in [1.807, 2.05) is 18.4 Å². The van der Waals surface area contributed by atoms with Crippen LogP contribution in [0.5, 0.6) is 0 Å². The number of hydrogen-bond donors (Lipinski definition) is 1. The van der Waals surface area contributed by atoms with Crippen LogP contribution < -0.4 is 5.73 Å². The molecule has 0 spiro atoms. The van der Waals surface area contributed by atoms with Crippen molar-refractivity contribution in [3.8, 4) is 0 Å². The minimum absolute atomic E-state index is 0.0876. The van der Waals surface area contributed by atoms with Crippen LogP contribution in [0.3, 0.4) is 0 Å². The molecule has 2 aromatic rings. The van der Waals surface area contributed by atoms with Gasteiger partial charge in [0.05, 0.1) is 17.1 Å². The zero-order chi connectivity index (χ0) is 11.7. The van der Waals surface area contributed by atoms with Crippen LogP contribution in [-0.4, -0.2) is 9.55 Å². The van der Waals surface area contributed by atoms with Crippen LogP contribution >= 0.6 is 0 Å². The van der Waals surface area contributed by atoms with Gasteiger partial charge in [-0.2, -0.15) is 0 Å². The minimum Gasteiger partial charge on any atom is -0.327 e. The Morgan fingerprint density at radius 3 is 2.81 bits per heavy atom. The molecule has 1 heterocycles. The molecular formula is C12H16FN3. The molecule has 0 aliphatic rings. The Morgan fingerprint density at radius 2 is 2.19 bits per heavy atom. The fourth-order valence-corrected chi connectivity index (χ4v) is 1.91. The third kappa shape index (κ3) is 1.69. The predicted molar refractivity (Wildman–Crippen MR) is 62.6 cm³/mol. The Hall–Kier alpha value is -1.42. The van der Waals surface area contributed by atoms with E-state index in [-0.39, 0.29) is 11.9 Å². The summed E-state index contributed by atoms with van der Waals surface area (Å²) in [4.78, 5) is 4.47. The van der Waals surface area contributed by atoms with Gasteiger partial charge in [-0.05, 0) is 31.5 Å². The summed E-state index contributed by atoms with van der Waals surface area (Å²) in [5.74, 6) is 0.601. The fourth-order valence-electron chi connectivity index (χ4n) is 1.91. The second-order valence-corrected chi connectivity index (χ2v) is 3.86. The maximum atomic E-state index is 13.2. The Kier molecular flexibility index (Phi) is 2.92. The molecule has 0 aliphatic heterocycles. The zero-order valence-corrected chi connectivity index (χ0v) is 9.57. The third-order valence-corrected chi connectivity index (χ3v) is 2.83. The second-order valence-electron chi connectivity index (χ2n) is 3.86. The number of hydrogen-bond acceptors (Lipinski definition) is 2. The van der Waals surface area contributed by atoms with Crippen molar-refractivity contribution in [3.05, 3.63) is 29.8 Å². The van der Waals surface area contributed by atoms with Crippen LogP contribution in [0.4, 0.5) is 4.39 Å². The number of fused-ring (bicyclic) bond motifs is 1. The highest BCUT2D eigenvalue weighted by Gasteiger charge is 2.14. The van der Waals surface area contributed by atoms with Crippen molar-refractivity contribution >= 4 is 11.0 Å². The van der Waals surface area contributed by atoms with E-state index in [9.17, 15) is 4.39 Å². The average molecular weight is 221 g/mol. The van der Waals surface area contributed by atoms with E-state index in [2.05, 4.69) is 4.98 Å². The quantitative estimate of drug-likeness (QED) is 0.865. The molecule has 3 nitrogen and oxygen atoms in total. The Morgan fingerprint density at radius 1 is 1.44 bits per heavy atom. The van der Waals surface area contributed by atoms with E-state index < -0.39 is 0 Å². The van der Waals surface area contributed by atoms with E-state index in [1.165, 1.54) is 12.1 Å². The van der Waals surface area contributed by atoms with Crippen LogP contribution in [-0.2, 0) is 6.54 Å². The molecule has 1 atom stereocenters. The lowest BCUT2D eigenvalue weighted by Gasteiger charge is -2.10. The molecule has 0 radical (unpaired) electrons. The number of benzene rings is 1. The molecule has 0 saturated heterocycles. The van der Waals surface area contributed by atoms with Gasteiger partial charge in [0.1, 0.15) is 11.6 Å². The molecule has 2 N–H and O–H groups in total. The van der Waals surface area contributed by atoms with Gasteiger partial charge in [-0.1, -0.05) is 6.92 Å². The number of nitrogens with two attached hydrogens (primary N) is 1. The maximum Gasteiger partial charge on any atom is 0.126 e. The van der Waals surface area contributed by atoms with Gasteiger partial charge in [0.25, 0.3) is 0 Å². The van der Waals surface area contributed by atoms with Gasteiger partial charge >= 0.3 is 0 Å². The number of rotatable bonds is 3. The van der Waals surface area contributed by atoms with Crippen LogP contribution in [0.25, 0.3) is 11.0 Å². The van der Waals surface area contributed by atoms with Crippen molar-refractivity contribution in [2.45, 2.75) is 32.9 Å². The highest BCUT2D eigenvalue weighted by atomic mass is 19.1. The summed E-state index contributed by atoms with van der Waals surface area (Å²) >= 11 is 0. The maximum absolute atomic E-state index is 13.2. The Labute approximate surface area is 94.1 Å². The van der Waals surface area contributed by atoms with E-state index in [1.54, 1.807) is 6.07 Å². The summed E-state index contributed by atoms with van der Waals surface area (Å²) in [6.45, 7) is 4.78. The van der Waals surface area contributed by atoms with Crippen molar-refractivity contribution in [1.29, 1.82) is 0 Å². The largest absolute Gasteiger partial charge is 0.327 e. The standard InChI is InChI=1S/C12H16FN3/c1-3-9(14)12-15-10-6-5-8(13)7-11(10)16(12)4-2/h5-7,9H,3-4,14H2,1-2H3. The van der Waals surface area contributed by atoms with Crippen LogP contribution in [0.15, 0.2) is 18.2 Å². The Bertz CT molecular complexity index is 504. The summed E-state index contributed by atoms with van der Waals surface area (Å²) in [5.41, 5.74) is 7.62. The van der Waals surface area contributed by atoms with Crippen molar-refractivity contribution in [2.24, 2.45) is 5.73 Å². The number of nitrogens with zero attached hydrogens (tertiary/aromatic N) is 2. The van der Waals surface area contributed by atoms with Crippen LogP contribution in [0.2, 0.25) is 0 Å². The van der Waals surface area contributed by atoms with Gasteiger partial charge in [-0.3, -0.25) is 0 Å². The van der Waals surface area contributed by atoms with Gasteiger partial charge in [0.15, 0.2) is 0 Å². The molecule has 86 valence electrons. The van der Waals surface area contributed by atoms with Gasteiger partial charge < -0.3 is 10.3 Å². The lowest BCUT2D eigenvalue weighted by Crippen LogP contribution is -2.15. The average Bonchev–Trinajstić information content (AvgIpc) is 2.65. The lowest BCUT2D eigenvalue weighted by atomic mass is 10.2. The van der Waals surface area contributed by atoms with E-state index in [4.69, 9.17) is 5.73 Å². The van der Waals surface area contributed by atoms with Crippen LogP contribution in [0, 0.1) is 5.82 Å². The molecular weight excluding hydrogens is 205 g/mol. The SMILES string of the molecule is CCC(N)c1nc2ccc(F)cc2n1CC. The van der Waals surface area contributed by atoms with Crippen LogP contribution in [0.1, 0.15) is 32.1 Å². The van der Waals surface area contributed by atoms with E-state index in [0.717, 1.165) is 29.8 Å². The molecule has 0 bridgehead atoms. The molecule has 1 aromatic carbocycles. The number of halogens is 1. The zero-order valence-electron chi connectivity index (χ0n) is 9.57. The van der Waals surface area contributed by atoms with Gasteiger partial charge in [0.2, 0.25) is 0 Å². The summed E-state index contributed by atoms with van der Waals surface area (Å²) in [7, 11) is 0.